The van der Waals surface area contributed by atoms with Crippen LogP contribution in [0, 0.1) is 0 Å². The zero-order chi connectivity index (χ0) is 12.5. The van der Waals surface area contributed by atoms with Gasteiger partial charge in [0.1, 0.15) is 0 Å². The van der Waals surface area contributed by atoms with Crippen LogP contribution < -0.4 is 0 Å². The second-order valence-electron chi connectivity index (χ2n) is 4.67. The van der Waals surface area contributed by atoms with E-state index >= 15 is 0 Å². The number of rotatable bonds is 1. The maximum Gasteiger partial charge on any atom is 0.407 e. The van der Waals surface area contributed by atoms with Crippen LogP contribution in [0.3, 0.4) is 0 Å². The smallest absolute Gasteiger partial charge is 0.407 e. The van der Waals surface area contributed by atoms with Gasteiger partial charge in [0, 0.05) is 24.7 Å². The van der Waals surface area contributed by atoms with Gasteiger partial charge in [-0.15, -0.1) is 0 Å². The fourth-order valence-corrected chi connectivity index (χ4v) is 2.49. The van der Waals surface area contributed by atoms with E-state index < -0.39 is 6.09 Å². The lowest BCUT2D eigenvalue weighted by atomic mass is 10.1. The molecule has 1 aromatic carbocycles. The zero-order valence-electron chi connectivity index (χ0n) is 9.99. The third-order valence-electron chi connectivity index (χ3n) is 3.54. The average molecular weight is 245 g/mol. The molecule has 0 aliphatic carbocycles. The van der Waals surface area contributed by atoms with E-state index in [1.54, 1.807) is 0 Å². The number of hydrogen-bond donors (Lipinski definition) is 1. The molecular formula is C13H15N3O2. The van der Waals surface area contributed by atoms with E-state index in [-0.39, 0.29) is 0 Å². The molecule has 0 bridgehead atoms. The average Bonchev–Trinajstić information content (AvgIpc) is 2.82. The lowest BCUT2D eigenvalue weighted by Gasteiger charge is -2.29. The molecule has 0 unspecified atom stereocenters. The maximum absolute atomic E-state index is 10.8. The monoisotopic (exact) mass is 245 g/mol. The van der Waals surface area contributed by atoms with Crippen LogP contribution in [0.1, 0.15) is 18.9 Å². The first-order valence-electron chi connectivity index (χ1n) is 6.16. The number of likely N-dealkylation sites (tertiary alicyclic amines) is 1. The molecule has 94 valence electrons. The number of nitrogens with zero attached hydrogens (tertiary/aromatic N) is 3. The first kappa shape index (κ1) is 11.1. The second-order valence-corrected chi connectivity index (χ2v) is 4.67. The van der Waals surface area contributed by atoms with Gasteiger partial charge in [0.05, 0.1) is 11.6 Å². The van der Waals surface area contributed by atoms with Gasteiger partial charge in [0.25, 0.3) is 0 Å². The summed E-state index contributed by atoms with van der Waals surface area (Å²) in [7, 11) is 0. The van der Waals surface area contributed by atoms with E-state index in [4.69, 9.17) is 5.11 Å². The summed E-state index contributed by atoms with van der Waals surface area (Å²) in [6.07, 6.45) is 2.90. The van der Waals surface area contributed by atoms with Crippen molar-refractivity contribution >= 4 is 17.0 Å². The van der Waals surface area contributed by atoms with Crippen LogP contribution in [0.5, 0.6) is 0 Å². The van der Waals surface area contributed by atoms with Gasteiger partial charge < -0.3 is 10.0 Å². The largest absolute Gasteiger partial charge is 0.465 e. The molecule has 5 nitrogen and oxygen atoms in total. The maximum atomic E-state index is 10.8. The predicted molar refractivity (Wildman–Crippen MR) is 67.6 cm³/mol. The molecule has 1 aliphatic heterocycles. The molecule has 0 radical (unpaired) electrons. The zero-order valence-corrected chi connectivity index (χ0v) is 9.99. The summed E-state index contributed by atoms with van der Waals surface area (Å²) >= 11 is 0. The lowest BCUT2D eigenvalue weighted by molar-refractivity contribution is 0.124. The molecule has 3 rings (SSSR count). The van der Waals surface area contributed by atoms with Gasteiger partial charge >= 0.3 is 6.09 Å². The van der Waals surface area contributed by atoms with Crippen molar-refractivity contribution in [2.24, 2.45) is 0 Å². The Bertz CT molecular complexity index is 537. The van der Waals surface area contributed by atoms with E-state index in [0.29, 0.717) is 19.1 Å². The van der Waals surface area contributed by atoms with E-state index in [9.17, 15) is 4.79 Å². The van der Waals surface area contributed by atoms with Crippen molar-refractivity contribution in [3.05, 3.63) is 30.5 Å². The van der Waals surface area contributed by atoms with Gasteiger partial charge in [-0.1, -0.05) is 18.2 Å². The van der Waals surface area contributed by atoms with E-state index in [1.165, 1.54) is 4.90 Å². The first-order valence-corrected chi connectivity index (χ1v) is 6.16. The van der Waals surface area contributed by atoms with Crippen molar-refractivity contribution in [2.75, 3.05) is 13.1 Å². The van der Waals surface area contributed by atoms with Gasteiger partial charge in [-0.05, 0) is 18.9 Å². The molecule has 1 N–H and O–H groups in total. The molecule has 1 amide bonds. The summed E-state index contributed by atoms with van der Waals surface area (Å²) in [6.45, 7) is 1.19. The molecule has 2 aromatic rings. The van der Waals surface area contributed by atoms with Crippen LogP contribution in [0.15, 0.2) is 30.5 Å². The van der Waals surface area contributed by atoms with Crippen LogP contribution in [0.25, 0.3) is 10.9 Å². The Hall–Kier alpha value is -2.04. The number of fused-ring (bicyclic) bond motifs is 1. The highest BCUT2D eigenvalue weighted by atomic mass is 16.4. The van der Waals surface area contributed by atoms with Gasteiger partial charge in [0.15, 0.2) is 0 Å². The lowest BCUT2D eigenvalue weighted by Crippen LogP contribution is -2.38. The highest BCUT2D eigenvalue weighted by Gasteiger charge is 2.23. The normalized spacial score (nSPS) is 17.2. The molecule has 1 aliphatic rings. The Morgan fingerprint density at radius 2 is 2.00 bits per heavy atom. The van der Waals surface area contributed by atoms with Crippen molar-refractivity contribution in [2.45, 2.75) is 18.9 Å². The van der Waals surface area contributed by atoms with Gasteiger partial charge in [-0.3, -0.25) is 4.68 Å². The third-order valence-corrected chi connectivity index (χ3v) is 3.54. The summed E-state index contributed by atoms with van der Waals surface area (Å²) in [5.41, 5.74) is 0.998. The number of aromatic nitrogens is 2. The SMILES string of the molecule is O=C(O)N1CCC(n2cc3ccccc3n2)CC1. The van der Waals surface area contributed by atoms with Crippen LogP contribution >= 0.6 is 0 Å². The van der Waals surface area contributed by atoms with Crippen molar-refractivity contribution in [1.29, 1.82) is 0 Å². The number of benzene rings is 1. The molecule has 1 aromatic heterocycles. The second kappa shape index (κ2) is 4.33. The molecular weight excluding hydrogens is 230 g/mol. The van der Waals surface area contributed by atoms with E-state index in [2.05, 4.69) is 11.3 Å². The highest BCUT2D eigenvalue weighted by Crippen LogP contribution is 2.24. The molecule has 0 spiro atoms. The standard InChI is InChI=1S/C13H15N3O2/c17-13(18)15-7-5-11(6-8-15)16-9-10-3-1-2-4-12(10)14-16/h1-4,9,11H,5-8H2,(H,17,18). The summed E-state index contributed by atoms with van der Waals surface area (Å²) in [6, 6.07) is 8.34. The molecule has 1 saturated heterocycles. The predicted octanol–water partition coefficient (Wildman–Crippen LogP) is 2.35. The van der Waals surface area contributed by atoms with Crippen LogP contribution in [-0.4, -0.2) is 39.0 Å². The highest BCUT2D eigenvalue weighted by molar-refractivity contribution is 5.77. The number of piperidine rings is 1. The summed E-state index contributed by atoms with van der Waals surface area (Å²) in [5.74, 6) is 0. The molecule has 1 fully saturated rings. The molecule has 0 atom stereocenters. The minimum absolute atomic E-state index is 0.313. The van der Waals surface area contributed by atoms with Gasteiger partial charge in [-0.2, -0.15) is 5.10 Å². The number of carbonyl (C=O) groups is 1. The minimum Gasteiger partial charge on any atom is -0.465 e. The Morgan fingerprint density at radius 1 is 1.28 bits per heavy atom. The van der Waals surface area contributed by atoms with Gasteiger partial charge in [-0.25, -0.2) is 4.79 Å². The fraction of sp³-hybridized carbons (Fsp3) is 0.385. The summed E-state index contributed by atoms with van der Waals surface area (Å²) in [5, 5.41) is 14.6. The first-order chi connectivity index (χ1) is 8.74. The van der Waals surface area contributed by atoms with Crippen molar-refractivity contribution in [3.8, 4) is 0 Å². The Morgan fingerprint density at radius 3 is 2.67 bits per heavy atom. The Balaban J connectivity index is 1.78. The van der Waals surface area contributed by atoms with Crippen molar-refractivity contribution in [1.82, 2.24) is 14.7 Å². The number of amides is 1. The molecule has 2 heterocycles. The van der Waals surface area contributed by atoms with Crippen LogP contribution in [0.2, 0.25) is 0 Å². The van der Waals surface area contributed by atoms with Gasteiger partial charge in [0.2, 0.25) is 0 Å². The van der Waals surface area contributed by atoms with E-state index in [1.807, 2.05) is 28.9 Å². The van der Waals surface area contributed by atoms with E-state index in [0.717, 1.165) is 23.7 Å². The van der Waals surface area contributed by atoms with Crippen LogP contribution in [0.4, 0.5) is 4.79 Å². The summed E-state index contributed by atoms with van der Waals surface area (Å²) in [4.78, 5) is 12.3. The molecule has 5 heteroatoms. The summed E-state index contributed by atoms with van der Waals surface area (Å²) < 4.78 is 1.99. The molecule has 18 heavy (non-hydrogen) atoms. The molecule has 0 saturated carbocycles. The Kier molecular flexibility index (Phi) is 2.66. The minimum atomic E-state index is -0.820. The Labute approximate surface area is 105 Å². The third kappa shape index (κ3) is 1.92. The van der Waals surface area contributed by atoms with Crippen molar-refractivity contribution < 1.29 is 9.90 Å². The number of hydrogen-bond acceptors (Lipinski definition) is 2. The van der Waals surface area contributed by atoms with Crippen LogP contribution in [-0.2, 0) is 0 Å². The quantitative estimate of drug-likeness (QED) is 0.839. The number of carboxylic acid groups (broad SMARTS) is 1. The van der Waals surface area contributed by atoms with Crippen molar-refractivity contribution in [3.63, 3.8) is 0 Å². The fourth-order valence-electron chi connectivity index (χ4n) is 2.49. The topological polar surface area (TPSA) is 58.4 Å².